The van der Waals surface area contributed by atoms with Gasteiger partial charge in [-0.1, -0.05) is 41.5 Å². The number of benzene rings is 1. The van der Waals surface area contributed by atoms with Crippen molar-refractivity contribution >= 4 is 11.7 Å². The quantitative estimate of drug-likeness (QED) is 0.464. The SMILES string of the molecule is CC.CC.CC.CC(C(=O)Nc1cc(C2CC2)[nH]n1)c1cnn(-c2ccc(F)c(F)c2)c1. The lowest BCUT2D eigenvalue weighted by Gasteiger charge is -2.08. The second kappa shape index (κ2) is 13.4. The van der Waals surface area contributed by atoms with Gasteiger partial charge >= 0.3 is 0 Å². The van der Waals surface area contributed by atoms with Gasteiger partial charge in [-0.2, -0.15) is 10.2 Å². The lowest BCUT2D eigenvalue weighted by Crippen LogP contribution is -2.18. The van der Waals surface area contributed by atoms with Gasteiger partial charge in [0.25, 0.3) is 0 Å². The number of hydrogen-bond donors (Lipinski definition) is 2. The van der Waals surface area contributed by atoms with Crippen molar-refractivity contribution in [3.05, 3.63) is 59.6 Å². The van der Waals surface area contributed by atoms with E-state index in [9.17, 15) is 13.6 Å². The van der Waals surface area contributed by atoms with Gasteiger partial charge in [-0.3, -0.25) is 9.89 Å². The fourth-order valence-corrected chi connectivity index (χ4v) is 2.72. The summed E-state index contributed by atoms with van der Waals surface area (Å²) in [7, 11) is 0. The van der Waals surface area contributed by atoms with Crippen molar-refractivity contribution in [2.45, 2.75) is 73.1 Å². The van der Waals surface area contributed by atoms with Crippen molar-refractivity contribution in [3.63, 3.8) is 0 Å². The van der Waals surface area contributed by atoms with Gasteiger partial charge in [0.1, 0.15) is 0 Å². The van der Waals surface area contributed by atoms with Crippen molar-refractivity contribution in [1.82, 2.24) is 20.0 Å². The zero-order chi connectivity index (χ0) is 24.3. The smallest absolute Gasteiger partial charge is 0.232 e. The molecule has 176 valence electrons. The highest BCUT2D eigenvalue weighted by atomic mass is 19.2. The number of halogens is 2. The Hall–Kier alpha value is -3.03. The largest absolute Gasteiger partial charge is 0.309 e. The van der Waals surface area contributed by atoms with Crippen LogP contribution in [0.2, 0.25) is 0 Å². The molecule has 1 fully saturated rings. The van der Waals surface area contributed by atoms with E-state index in [1.807, 2.05) is 47.6 Å². The van der Waals surface area contributed by atoms with Crippen LogP contribution in [-0.2, 0) is 4.79 Å². The third kappa shape index (κ3) is 7.00. The molecule has 1 unspecified atom stereocenters. The van der Waals surface area contributed by atoms with Crippen molar-refractivity contribution in [2.75, 3.05) is 5.32 Å². The van der Waals surface area contributed by atoms with Crippen LogP contribution in [0.5, 0.6) is 0 Å². The highest BCUT2D eigenvalue weighted by Gasteiger charge is 2.26. The Bertz CT molecular complexity index is 963. The molecule has 2 N–H and O–H groups in total. The average molecular weight is 448 g/mol. The number of nitrogens with zero attached hydrogens (tertiary/aromatic N) is 3. The van der Waals surface area contributed by atoms with E-state index < -0.39 is 17.6 Å². The van der Waals surface area contributed by atoms with Crippen LogP contribution in [0.1, 0.15) is 84.4 Å². The second-order valence-electron chi connectivity index (χ2n) is 6.51. The number of rotatable bonds is 5. The molecule has 2 aromatic heterocycles. The zero-order valence-electron chi connectivity index (χ0n) is 20.0. The van der Waals surface area contributed by atoms with E-state index in [1.54, 1.807) is 13.1 Å². The Morgan fingerprint density at radius 3 is 2.34 bits per heavy atom. The predicted molar refractivity (Wildman–Crippen MR) is 125 cm³/mol. The van der Waals surface area contributed by atoms with Crippen molar-refractivity contribution < 1.29 is 13.6 Å². The monoisotopic (exact) mass is 447 g/mol. The predicted octanol–water partition coefficient (Wildman–Crippen LogP) is 6.57. The van der Waals surface area contributed by atoms with Crippen LogP contribution in [0.15, 0.2) is 36.7 Å². The topological polar surface area (TPSA) is 75.6 Å². The molecule has 1 saturated carbocycles. The van der Waals surface area contributed by atoms with Gasteiger partial charge in [-0.25, -0.2) is 13.5 Å². The number of carbonyl (C=O) groups excluding carboxylic acids is 1. The molecule has 0 aliphatic heterocycles. The molecule has 6 nitrogen and oxygen atoms in total. The number of anilines is 1. The number of H-pyrrole nitrogens is 1. The maximum atomic E-state index is 13.4. The number of aromatic nitrogens is 4. The highest BCUT2D eigenvalue weighted by molar-refractivity contribution is 5.94. The molecule has 8 heteroatoms. The molecule has 1 atom stereocenters. The van der Waals surface area contributed by atoms with E-state index >= 15 is 0 Å². The highest BCUT2D eigenvalue weighted by Crippen LogP contribution is 2.39. The molecule has 1 aliphatic carbocycles. The van der Waals surface area contributed by atoms with Crippen molar-refractivity contribution in [3.8, 4) is 5.69 Å². The Morgan fingerprint density at radius 1 is 1.09 bits per heavy atom. The third-order valence-electron chi connectivity index (χ3n) is 4.53. The second-order valence-corrected chi connectivity index (χ2v) is 6.51. The first-order chi connectivity index (χ1) is 15.5. The first-order valence-electron chi connectivity index (χ1n) is 11.4. The molecule has 1 amide bonds. The number of amides is 1. The van der Waals surface area contributed by atoms with Gasteiger partial charge in [0.15, 0.2) is 17.5 Å². The summed E-state index contributed by atoms with van der Waals surface area (Å²) in [6, 6.07) is 5.37. The number of carbonyl (C=O) groups is 1. The van der Waals surface area contributed by atoms with Crippen molar-refractivity contribution in [2.24, 2.45) is 0 Å². The molecule has 32 heavy (non-hydrogen) atoms. The van der Waals surface area contributed by atoms with Gasteiger partial charge in [-0.15, -0.1) is 0 Å². The van der Waals surface area contributed by atoms with E-state index in [0.717, 1.165) is 30.7 Å². The fourth-order valence-electron chi connectivity index (χ4n) is 2.72. The molecule has 2 heterocycles. The van der Waals surface area contributed by atoms with E-state index in [2.05, 4.69) is 20.6 Å². The minimum absolute atomic E-state index is 0.219. The number of hydrogen-bond acceptors (Lipinski definition) is 3. The number of aromatic amines is 1. The Morgan fingerprint density at radius 2 is 1.75 bits per heavy atom. The molecule has 0 saturated heterocycles. The molecule has 0 bridgehead atoms. The van der Waals surface area contributed by atoms with Gasteiger partial charge in [-0.05, 0) is 31.9 Å². The summed E-state index contributed by atoms with van der Waals surface area (Å²) in [5, 5.41) is 14.0. The van der Waals surface area contributed by atoms with Gasteiger partial charge in [0.2, 0.25) is 5.91 Å². The minimum Gasteiger partial charge on any atom is -0.309 e. The fraction of sp³-hybridized carbons (Fsp3) is 0.458. The molecule has 3 aromatic rings. The van der Waals surface area contributed by atoms with Gasteiger partial charge in [0, 0.05) is 35.5 Å². The van der Waals surface area contributed by atoms with Crippen LogP contribution in [-0.4, -0.2) is 25.9 Å². The lowest BCUT2D eigenvalue weighted by atomic mass is 10.0. The lowest BCUT2D eigenvalue weighted by molar-refractivity contribution is -0.117. The molecule has 1 aliphatic rings. The summed E-state index contributed by atoms with van der Waals surface area (Å²) in [6.45, 7) is 13.7. The van der Waals surface area contributed by atoms with Crippen LogP contribution < -0.4 is 5.32 Å². The Balaban J connectivity index is 0.000000789. The Kier molecular flexibility index (Phi) is 11.3. The van der Waals surface area contributed by atoms with Crippen LogP contribution in [0.4, 0.5) is 14.6 Å². The summed E-state index contributed by atoms with van der Waals surface area (Å²) in [5.74, 6) is -1.54. The molecular weight excluding hydrogens is 412 g/mol. The van der Waals surface area contributed by atoms with Crippen LogP contribution in [0, 0.1) is 11.6 Å². The first kappa shape index (κ1) is 27.0. The average Bonchev–Trinajstić information content (AvgIpc) is 3.38. The van der Waals surface area contributed by atoms with E-state index in [1.165, 1.54) is 16.9 Å². The van der Waals surface area contributed by atoms with E-state index in [-0.39, 0.29) is 5.91 Å². The molecular formula is C24H35F2N5O. The van der Waals surface area contributed by atoms with Gasteiger partial charge in [0.05, 0.1) is 17.8 Å². The van der Waals surface area contributed by atoms with E-state index in [0.29, 0.717) is 23.0 Å². The summed E-state index contributed by atoms with van der Waals surface area (Å²) >= 11 is 0. The normalized spacial score (nSPS) is 12.8. The van der Waals surface area contributed by atoms with E-state index in [4.69, 9.17) is 0 Å². The minimum atomic E-state index is -0.949. The standard InChI is InChI=1S/C18H17F2N5O.3C2H6/c1-10(18(26)22-17-7-16(23-24-17)11-2-3-11)12-8-21-25(9-12)13-4-5-14(19)15(20)6-13;3*1-2/h4-11H,2-3H2,1H3,(H2,22,23,24,26);3*1-2H3. The van der Waals surface area contributed by atoms with Crippen LogP contribution in [0.25, 0.3) is 5.69 Å². The summed E-state index contributed by atoms with van der Waals surface area (Å²) < 4.78 is 27.8. The van der Waals surface area contributed by atoms with Crippen LogP contribution >= 0.6 is 0 Å². The summed E-state index contributed by atoms with van der Waals surface area (Å²) in [6.07, 6.45) is 5.45. The van der Waals surface area contributed by atoms with Crippen molar-refractivity contribution in [1.29, 1.82) is 0 Å². The van der Waals surface area contributed by atoms with Crippen LogP contribution in [0.3, 0.4) is 0 Å². The third-order valence-corrected chi connectivity index (χ3v) is 4.53. The van der Waals surface area contributed by atoms with Gasteiger partial charge < -0.3 is 5.32 Å². The Labute approximate surface area is 189 Å². The summed E-state index contributed by atoms with van der Waals surface area (Å²) in [5.41, 5.74) is 2.08. The molecule has 0 spiro atoms. The molecule has 0 radical (unpaired) electrons. The number of nitrogens with one attached hydrogen (secondary N) is 2. The zero-order valence-corrected chi connectivity index (χ0v) is 20.0. The maximum absolute atomic E-state index is 13.4. The first-order valence-corrected chi connectivity index (χ1v) is 11.4. The maximum Gasteiger partial charge on any atom is 0.232 e. The summed E-state index contributed by atoms with van der Waals surface area (Å²) in [4.78, 5) is 12.4. The molecule has 1 aromatic carbocycles. The molecule has 4 rings (SSSR count).